The lowest BCUT2D eigenvalue weighted by molar-refractivity contribution is -0.116. The van der Waals surface area contributed by atoms with E-state index in [1.54, 1.807) is 6.20 Å². The zero-order valence-electron chi connectivity index (χ0n) is 25.4. The standard InChI is InChI=1S/C31H38F2N8O4/c1-21(2)45-27-16-23(44-14-4-7-39-8-10-40(11-9-39)12-13-42)15-26-29(27)31(35-20-34-26)37-22-17-36-41(18-22)19-28(43)38-25-6-3-5-24(32)30(25)33/h3,5-6,15-18,20-21,42H,4,7-14,19H2,1-2H3,(H,38,43)(H,34,35,37). The van der Waals surface area contributed by atoms with Gasteiger partial charge in [0, 0.05) is 57.6 Å². The number of benzene rings is 2. The summed E-state index contributed by atoms with van der Waals surface area (Å²) in [6, 6.07) is 7.26. The number of amides is 1. The Morgan fingerprint density at radius 2 is 1.87 bits per heavy atom. The topological polar surface area (TPSA) is 130 Å². The number of piperazine rings is 1. The summed E-state index contributed by atoms with van der Waals surface area (Å²) in [5.41, 5.74) is 0.935. The number of rotatable bonds is 14. The summed E-state index contributed by atoms with van der Waals surface area (Å²) in [6.45, 7) is 9.93. The van der Waals surface area contributed by atoms with E-state index in [1.165, 1.54) is 29.3 Å². The largest absolute Gasteiger partial charge is 0.493 e. The minimum atomic E-state index is -1.12. The van der Waals surface area contributed by atoms with Crippen molar-refractivity contribution in [2.75, 3.05) is 63.1 Å². The number of hydrogen-bond donors (Lipinski definition) is 3. The average molecular weight is 625 g/mol. The van der Waals surface area contributed by atoms with Crippen molar-refractivity contribution in [3.63, 3.8) is 0 Å². The van der Waals surface area contributed by atoms with Gasteiger partial charge in [-0.1, -0.05) is 6.07 Å². The molecule has 45 heavy (non-hydrogen) atoms. The SMILES string of the molecule is CC(C)Oc1cc(OCCCN2CCN(CCO)CC2)cc2ncnc(Nc3cnn(CC(=O)Nc4cccc(F)c4F)c3)c12. The minimum Gasteiger partial charge on any atom is -0.493 e. The maximum absolute atomic E-state index is 13.9. The molecule has 2 aromatic carbocycles. The minimum absolute atomic E-state index is 0.120. The predicted molar refractivity (Wildman–Crippen MR) is 166 cm³/mol. The van der Waals surface area contributed by atoms with Crippen molar-refractivity contribution in [1.29, 1.82) is 0 Å². The molecule has 0 bridgehead atoms. The van der Waals surface area contributed by atoms with Crippen molar-refractivity contribution in [3.05, 3.63) is 60.7 Å². The first-order valence-corrected chi connectivity index (χ1v) is 15.0. The summed E-state index contributed by atoms with van der Waals surface area (Å²) in [5, 5.41) is 19.6. The molecule has 0 atom stereocenters. The quantitative estimate of drug-likeness (QED) is 0.179. The van der Waals surface area contributed by atoms with Crippen molar-refractivity contribution in [2.24, 2.45) is 0 Å². The van der Waals surface area contributed by atoms with Crippen molar-refractivity contribution in [1.82, 2.24) is 29.5 Å². The molecule has 0 aliphatic carbocycles. The van der Waals surface area contributed by atoms with Crippen LogP contribution in [0, 0.1) is 11.6 Å². The van der Waals surface area contributed by atoms with Crippen LogP contribution in [0.15, 0.2) is 49.1 Å². The van der Waals surface area contributed by atoms with Crippen LogP contribution >= 0.6 is 0 Å². The van der Waals surface area contributed by atoms with Crippen LogP contribution in [0.1, 0.15) is 20.3 Å². The summed E-state index contributed by atoms with van der Waals surface area (Å²) in [4.78, 5) is 26.0. The van der Waals surface area contributed by atoms with Gasteiger partial charge in [0.15, 0.2) is 11.6 Å². The molecule has 3 N–H and O–H groups in total. The Kier molecular flexibility index (Phi) is 10.7. The molecule has 0 saturated carbocycles. The fraction of sp³-hybridized carbons (Fsp3) is 0.419. The van der Waals surface area contributed by atoms with E-state index in [0.29, 0.717) is 40.5 Å². The van der Waals surface area contributed by atoms with Crippen molar-refractivity contribution < 1.29 is 28.2 Å². The third-order valence-electron chi connectivity index (χ3n) is 7.23. The van der Waals surface area contributed by atoms with Gasteiger partial charge in [-0.15, -0.1) is 0 Å². The van der Waals surface area contributed by atoms with Crippen molar-refractivity contribution >= 4 is 34.0 Å². The third-order valence-corrected chi connectivity index (χ3v) is 7.23. The Balaban J connectivity index is 1.22. The molecule has 2 aromatic heterocycles. The highest BCUT2D eigenvalue weighted by Gasteiger charge is 2.18. The Morgan fingerprint density at radius 3 is 2.62 bits per heavy atom. The third kappa shape index (κ3) is 8.62. The molecule has 1 amide bonds. The number of β-amino-alcohol motifs (C(OH)–C–C–N with tert-alkyl or cyclic N) is 1. The fourth-order valence-corrected chi connectivity index (χ4v) is 5.10. The van der Waals surface area contributed by atoms with Gasteiger partial charge in [-0.3, -0.25) is 14.4 Å². The molecular formula is C31H38F2N8O4. The van der Waals surface area contributed by atoms with Crippen LogP contribution in [0.25, 0.3) is 10.9 Å². The van der Waals surface area contributed by atoms with Crippen LogP contribution in [0.5, 0.6) is 11.5 Å². The number of nitrogens with zero attached hydrogens (tertiary/aromatic N) is 6. The highest BCUT2D eigenvalue weighted by Crippen LogP contribution is 2.36. The second-order valence-electron chi connectivity index (χ2n) is 11.0. The average Bonchev–Trinajstić information content (AvgIpc) is 3.44. The maximum Gasteiger partial charge on any atom is 0.246 e. The highest BCUT2D eigenvalue weighted by molar-refractivity contribution is 5.96. The second-order valence-corrected chi connectivity index (χ2v) is 11.0. The molecule has 240 valence electrons. The first-order chi connectivity index (χ1) is 21.8. The van der Waals surface area contributed by atoms with Gasteiger partial charge < -0.3 is 30.1 Å². The molecule has 12 nitrogen and oxygen atoms in total. The van der Waals surface area contributed by atoms with E-state index in [9.17, 15) is 13.6 Å². The molecule has 1 fully saturated rings. The number of ether oxygens (including phenoxy) is 2. The molecule has 1 aliphatic heterocycles. The lowest BCUT2D eigenvalue weighted by atomic mass is 10.2. The molecule has 0 radical (unpaired) electrons. The number of hydrogen-bond acceptors (Lipinski definition) is 10. The van der Waals surface area contributed by atoms with Gasteiger partial charge in [-0.2, -0.15) is 5.10 Å². The number of halogens is 2. The Morgan fingerprint density at radius 1 is 1.09 bits per heavy atom. The monoisotopic (exact) mass is 624 g/mol. The number of aromatic nitrogens is 4. The first-order valence-electron chi connectivity index (χ1n) is 15.0. The lowest BCUT2D eigenvalue weighted by Crippen LogP contribution is -2.47. The normalized spacial score (nSPS) is 14.2. The highest BCUT2D eigenvalue weighted by atomic mass is 19.2. The molecule has 0 unspecified atom stereocenters. The Hall–Kier alpha value is -4.40. The molecule has 3 heterocycles. The maximum atomic E-state index is 13.9. The van der Waals surface area contributed by atoms with E-state index >= 15 is 0 Å². The van der Waals surface area contributed by atoms with Gasteiger partial charge in [0.1, 0.15) is 30.2 Å². The molecule has 4 aromatic rings. The van der Waals surface area contributed by atoms with Crippen LogP contribution in [0.2, 0.25) is 0 Å². The van der Waals surface area contributed by atoms with Gasteiger partial charge in [-0.05, 0) is 32.4 Å². The van der Waals surface area contributed by atoms with Crippen molar-refractivity contribution in [3.8, 4) is 11.5 Å². The number of anilines is 3. The molecule has 0 spiro atoms. The van der Waals surface area contributed by atoms with Gasteiger partial charge in [0.25, 0.3) is 0 Å². The van der Waals surface area contributed by atoms with E-state index in [1.807, 2.05) is 26.0 Å². The molecule has 1 aliphatic rings. The van der Waals surface area contributed by atoms with E-state index in [4.69, 9.17) is 14.6 Å². The van der Waals surface area contributed by atoms with Crippen LogP contribution in [-0.4, -0.2) is 99.1 Å². The van der Waals surface area contributed by atoms with Crippen LogP contribution in [-0.2, 0) is 11.3 Å². The number of aliphatic hydroxyl groups excluding tert-OH is 1. The summed E-state index contributed by atoms with van der Waals surface area (Å²) in [5.74, 6) is -1.05. The first kappa shape index (κ1) is 32.0. The number of aliphatic hydroxyl groups is 1. The van der Waals surface area contributed by atoms with E-state index in [2.05, 4.69) is 35.5 Å². The number of nitrogens with one attached hydrogen (secondary N) is 2. The van der Waals surface area contributed by atoms with Gasteiger partial charge in [0.2, 0.25) is 5.91 Å². The molecular weight excluding hydrogens is 586 g/mol. The van der Waals surface area contributed by atoms with Gasteiger partial charge in [-0.25, -0.2) is 18.7 Å². The lowest BCUT2D eigenvalue weighted by Gasteiger charge is -2.34. The predicted octanol–water partition coefficient (Wildman–Crippen LogP) is 3.65. The van der Waals surface area contributed by atoms with Crippen LogP contribution < -0.4 is 20.1 Å². The van der Waals surface area contributed by atoms with Crippen LogP contribution in [0.4, 0.5) is 26.0 Å². The Bertz CT molecular complexity index is 1590. The summed E-state index contributed by atoms with van der Waals surface area (Å²) < 4.78 is 41.0. The van der Waals surface area contributed by atoms with E-state index in [0.717, 1.165) is 51.8 Å². The zero-order chi connectivity index (χ0) is 31.8. The summed E-state index contributed by atoms with van der Waals surface area (Å²) >= 11 is 0. The van der Waals surface area contributed by atoms with E-state index < -0.39 is 17.5 Å². The summed E-state index contributed by atoms with van der Waals surface area (Å²) in [6.07, 6.45) is 5.31. The molecule has 5 rings (SSSR count). The smallest absolute Gasteiger partial charge is 0.246 e. The van der Waals surface area contributed by atoms with Crippen LogP contribution in [0.3, 0.4) is 0 Å². The van der Waals surface area contributed by atoms with Crippen molar-refractivity contribution in [2.45, 2.75) is 32.9 Å². The van der Waals surface area contributed by atoms with Gasteiger partial charge in [0.05, 0.1) is 47.8 Å². The number of carbonyl (C=O) groups excluding carboxylic acids is 1. The summed E-state index contributed by atoms with van der Waals surface area (Å²) in [7, 11) is 0. The molecule has 1 saturated heterocycles. The fourth-order valence-electron chi connectivity index (χ4n) is 5.10. The second kappa shape index (κ2) is 15.1. The van der Waals surface area contributed by atoms with Gasteiger partial charge >= 0.3 is 0 Å². The zero-order valence-corrected chi connectivity index (χ0v) is 25.4. The number of fused-ring (bicyclic) bond motifs is 1. The number of carbonyl (C=O) groups is 1. The Labute approximate surface area is 260 Å². The molecule has 14 heteroatoms. The van der Waals surface area contributed by atoms with E-state index in [-0.39, 0.29) is 24.9 Å².